The van der Waals surface area contributed by atoms with E-state index < -0.39 is 0 Å². The van der Waals surface area contributed by atoms with Gasteiger partial charge >= 0.3 is 0 Å². The van der Waals surface area contributed by atoms with E-state index in [9.17, 15) is 0 Å². The van der Waals surface area contributed by atoms with Gasteiger partial charge in [0, 0.05) is 12.1 Å². The van der Waals surface area contributed by atoms with Gasteiger partial charge in [-0.1, -0.05) is 37.6 Å². The molecular weight excluding hydrogens is 298 g/mol. The number of nitrogens with one attached hydrogen (secondary N) is 1. The maximum atomic E-state index is 6.04. The molecule has 24 heavy (non-hydrogen) atoms. The second-order valence-electron chi connectivity index (χ2n) is 7.01. The van der Waals surface area contributed by atoms with Crippen molar-refractivity contribution in [3.05, 3.63) is 35.4 Å². The molecular formula is C21H33NO2. The molecule has 0 saturated heterocycles. The summed E-state index contributed by atoms with van der Waals surface area (Å²) in [6.07, 6.45) is 9.90. The van der Waals surface area contributed by atoms with Gasteiger partial charge in [-0.15, -0.1) is 0 Å². The van der Waals surface area contributed by atoms with Gasteiger partial charge in [-0.25, -0.2) is 0 Å². The SMILES string of the molecule is COc1cccc(CNCCC2=CCCCC2)c1OCCC(C)C. The fourth-order valence-electron chi connectivity index (χ4n) is 3.03. The van der Waals surface area contributed by atoms with Crippen molar-refractivity contribution in [2.45, 2.75) is 58.9 Å². The first-order chi connectivity index (χ1) is 11.7. The average molecular weight is 332 g/mol. The summed E-state index contributed by atoms with van der Waals surface area (Å²) < 4.78 is 11.5. The number of para-hydroxylation sites is 1. The molecule has 0 spiro atoms. The molecule has 0 unspecified atom stereocenters. The van der Waals surface area contributed by atoms with E-state index in [1.807, 2.05) is 12.1 Å². The largest absolute Gasteiger partial charge is 0.493 e. The van der Waals surface area contributed by atoms with Crippen molar-refractivity contribution in [2.75, 3.05) is 20.3 Å². The zero-order valence-corrected chi connectivity index (χ0v) is 15.6. The van der Waals surface area contributed by atoms with Gasteiger partial charge in [-0.2, -0.15) is 0 Å². The topological polar surface area (TPSA) is 30.5 Å². The first-order valence-electron chi connectivity index (χ1n) is 9.38. The van der Waals surface area contributed by atoms with Crippen molar-refractivity contribution in [3.63, 3.8) is 0 Å². The molecule has 0 bridgehead atoms. The quantitative estimate of drug-likeness (QED) is 0.478. The summed E-state index contributed by atoms with van der Waals surface area (Å²) in [6, 6.07) is 6.13. The van der Waals surface area contributed by atoms with Crippen molar-refractivity contribution < 1.29 is 9.47 Å². The number of rotatable bonds is 10. The van der Waals surface area contributed by atoms with Gasteiger partial charge in [0.15, 0.2) is 11.5 Å². The van der Waals surface area contributed by atoms with E-state index in [0.717, 1.165) is 44.0 Å². The second kappa shape index (κ2) is 10.4. The normalized spacial score (nSPS) is 14.6. The summed E-state index contributed by atoms with van der Waals surface area (Å²) in [7, 11) is 1.71. The van der Waals surface area contributed by atoms with Crippen LogP contribution in [0.15, 0.2) is 29.8 Å². The average Bonchev–Trinajstić information content (AvgIpc) is 2.60. The number of benzene rings is 1. The van der Waals surface area contributed by atoms with E-state index in [4.69, 9.17) is 9.47 Å². The van der Waals surface area contributed by atoms with Crippen LogP contribution in [0.1, 0.15) is 57.9 Å². The van der Waals surface area contributed by atoms with Crippen LogP contribution in [-0.4, -0.2) is 20.3 Å². The molecule has 0 atom stereocenters. The van der Waals surface area contributed by atoms with Crippen LogP contribution in [0.25, 0.3) is 0 Å². The zero-order valence-electron chi connectivity index (χ0n) is 15.6. The van der Waals surface area contributed by atoms with Gasteiger partial charge < -0.3 is 14.8 Å². The predicted molar refractivity (Wildman–Crippen MR) is 101 cm³/mol. The first kappa shape index (κ1) is 18.9. The summed E-state index contributed by atoms with van der Waals surface area (Å²) >= 11 is 0. The lowest BCUT2D eigenvalue weighted by molar-refractivity contribution is 0.269. The Bertz CT molecular complexity index is 523. The van der Waals surface area contributed by atoms with E-state index in [2.05, 4.69) is 31.3 Å². The lowest BCUT2D eigenvalue weighted by Gasteiger charge is -2.17. The first-order valence-corrected chi connectivity index (χ1v) is 9.38. The molecule has 1 aliphatic rings. The number of hydrogen-bond donors (Lipinski definition) is 1. The third-order valence-electron chi connectivity index (χ3n) is 4.55. The van der Waals surface area contributed by atoms with E-state index in [-0.39, 0.29) is 0 Å². The molecule has 2 rings (SSSR count). The van der Waals surface area contributed by atoms with Crippen molar-refractivity contribution in [1.82, 2.24) is 5.32 Å². The number of hydrogen-bond acceptors (Lipinski definition) is 3. The van der Waals surface area contributed by atoms with Crippen LogP contribution in [-0.2, 0) is 6.54 Å². The van der Waals surface area contributed by atoms with Gasteiger partial charge in [0.25, 0.3) is 0 Å². The molecule has 1 N–H and O–H groups in total. The molecule has 0 amide bonds. The van der Waals surface area contributed by atoms with Crippen LogP contribution < -0.4 is 14.8 Å². The Morgan fingerprint density at radius 3 is 2.79 bits per heavy atom. The monoisotopic (exact) mass is 331 g/mol. The summed E-state index contributed by atoms with van der Waals surface area (Å²) in [5, 5.41) is 3.56. The fourth-order valence-corrected chi connectivity index (χ4v) is 3.03. The number of methoxy groups -OCH3 is 1. The Labute approximate surface area is 147 Å². The highest BCUT2D eigenvalue weighted by Crippen LogP contribution is 2.31. The minimum atomic E-state index is 0.644. The van der Waals surface area contributed by atoms with E-state index in [1.54, 1.807) is 12.7 Å². The molecule has 0 heterocycles. The molecule has 0 saturated carbocycles. The van der Waals surface area contributed by atoms with Gasteiger partial charge in [0.2, 0.25) is 0 Å². The highest BCUT2D eigenvalue weighted by atomic mass is 16.5. The Morgan fingerprint density at radius 2 is 2.08 bits per heavy atom. The van der Waals surface area contributed by atoms with Gasteiger partial charge in [0.05, 0.1) is 13.7 Å². The zero-order chi connectivity index (χ0) is 17.2. The number of ether oxygens (including phenoxy) is 2. The third kappa shape index (κ3) is 6.20. The Balaban J connectivity index is 1.86. The maximum Gasteiger partial charge on any atom is 0.165 e. The third-order valence-corrected chi connectivity index (χ3v) is 4.55. The summed E-state index contributed by atoms with van der Waals surface area (Å²) in [5.41, 5.74) is 2.79. The lowest BCUT2D eigenvalue weighted by Crippen LogP contribution is -2.17. The molecule has 0 aromatic heterocycles. The second-order valence-corrected chi connectivity index (χ2v) is 7.01. The Morgan fingerprint density at radius 1 is 1.21 bits per heavy atom. The standard InChI is InChI=1S/C21H33NO2/c1-17(2)13-15-24-21-19(10-7-11-20(21)23-3)16-22-14-12-18-8-5-4-6-9-18/h7-8,10-11,17,22H,4-6,9,12-16H2,1-3H3. The molecule has 0 radical (unpaired) electrons. The molecule has 1 aromatic rings. The van der Waals surface area contributed by atoms with Crippen LogP contribution in [0.4, 0.5) is 0 Å². The summed E-state index contributed by atoms with van der Waals surface area (Å²) in [6.45, 7) is 7.01. The van der Waals surface area contributed by atoms with Gasteiger partial charge in [-0.3, -0.25) is 0 Å². The van der Waals surface area contributed by atoms with Crippen molar-refractivity contribution >= 4 is 0 Å². The minimum absolute atomic E-state index is 0.644. The fraction of sp³-hybridized carbons (Fsp3) is 0.619. The summed E-state index contributed by atoms with van der Waals surface area (Å²) in [5.74, 6) is 2.36. The van der Waals surface area contributed by atoms with Gasteiger partial charge in [-0.05, 0) is 57.1 Å². The summed E-state index contributed by atoms with van der Waals surface area (Å²) in [4.78, 5) is 0. The van der Waals surface area contributed by atoms with Crippen molar-refractivity contribution in [2.24, 2.45) is 5.92 Å². The smallest absolute Gasteiger partial charge is 0.165 e. The molecule has 3 heteroatoms. The highest BCUT2D eigenvalue weighted by Gasteiger charge is 2.11. The van der Waals surface area contributed by atoms with E-state index in [1.165, 1.54) is 31.2 Å². The Kier molecular flexibility index (Phi) is 8.17. The maximum absolute atomic E-state index is 6.04. The predicted octanol–water partition coefficient (Wildman–Crippen LogP) is 5.10. The minimum Gasteiger partial charge on any atom is -0.493 e. The van der Waals surface area contributed by atoms with E-state index in [0.29, 0.717) is 5.92 Å². The molecule has 134 valence electrons. The molecule has 1 aromatic carbocycles. The van der Waals surface area contributed by atoms with Crippen LogP contribution in [0.2, 0.25) is 0 Å². The van der Waals surface area contributed by atoms with Gasteiger partial charge in [0.1, 0.15) is 0 Å². The van der Waals surface area contributed by atoms with Crippen LogP contribution in [0.5, 0.6) is 11.5 Å². The van der Waals surface area contributed by atoms with E-state index >= 15 is 0 Å². The molecule has 0 aliphatic heterocycles. The lowest BCUT2D eigenvalue weighted by atomic mass is 9.97. The van der Waals surface area contributed by atoms with Crippen molar-refractivity contribution in [1.29, 1.82) is 0 Å². The molecule has 1 aliphatic carbocycles. The highest BCUT2D eigenvalue weighted by molar-refractivity contribution is 5.46. The molecule has 3 nitrogen and oxygen atoms in total. The number of allylic oxidation sites excluding steroid dienone is 1. The Hall–Kier alpha value is -1.48. The van der Waals surface area contributed by atoms with Crippen LogP contribution in [0.3, 0.4) is 0 Å². The molecule has 0 fully saturated rings. The van der Waals surface area contributed by atoms with Crippen LogP contribution >= 0.6 is 0 Å². The van der Waals surface area contributed by atoms with Crippen molar-refractivity contribution in [3.8, 4) is 11.5 Å². The van der Waals surface area contributed by atoms with Crippen LogP contribution in [0, 0.1) is 5.92 Å².